The van der Waals surface area contributed by atoms with Gasteiger partial charge in [0.05, 0.1) is 0 Å². The van der Waals surface area contributed by atoms with Crippen LogP contribution in [0.5, 0.6) is 0 Å². The van der Waals surface area contributed by atoms with E-state index in [4.69, 9.17) is 0 Å². The van der Waals surface area contributed by atoms with Crippen LogP contribution in [0.1, 0.15) is 78.6 Å². The van der Waals surface area contributed by atoms with E-state index in [1.807, 2.05) is 0 Å². The number of likely N-dealkylation sites (N-methyl/N-ethyl adjacent to an activating group) is 1. The molecule has 0 aromatic heterocycles. The molecule has 0 saturated heterocycles. The third-order valence-electron chi connectivity index (χ3n) is 4.93. The zero-order chi connectivity index (χ0) is 14.1. The summed E-state index contributed by atoms with van der Waals surface area (Å²) in [6.07, 6.45) is 12.3. The smallest absolute Gasteiger partial charge is 0.0249 e. The molecule has 1 aliphatic rings. The molecule has 0 aromatic rings. The van der Waals surface area contributed by atoms with Crippen LogP contribution in [0, 0.1) is 0 Å². The third kappa shape index (κ3) is 5.43. The lowest BCUT2D eigenvalue weighted by Gasteiger charge is -2.40. The first-order chi connectivity index (χ1) is 9.24. The molecule has 0 amide bonds. The first-order valence-corrected chi connectivity index (χ1v) is 8.69. The van der Waals surface area contributed by atoms with Gasteiger partial charge in [0.1, 0.15) is 0 Å². The summed E-state index contributed by atoms with van der Waals surface area (Å²) >= 11 is 0. The van der Waals surface area contributed by atoms with Gasteiger partial charge in [0.15, 0.2) is 0 Å². The minimum Gasteiger partial charge on any atom is -0.312 e. The maximum absolute atomic E-state index is 3.83. The second kappa shape index (κ2) is 9.77. The fraction of sp³-hybridized carbons (Fsp3) is 1.00. The van der Waals surface area contributed by atoms with Crippen molar-refractivity contribution in [3.05, 3.63) is 0 Å². The van der Waals surface area contributed by atoms with Crippen LogP contribution in [0.4, 0.5) is 0 Å². The van der Waals surface area contributed by atoms with Crippen LogP contribution in [0.15, 0.2) is 0 Å². The molecular weight excluding hydrogens is 232 g/mol. The number of nitrogens with one attached hydrogen (secondary N) is 1. The van der Waals surface area contributed by atoms with Crippen molar-refractivity contribution in [2.24, 2.45) is 0 Å². The lowest BCUT2D eigenvalue weighted by Crippen LogP contribution is -2.52. The van der Waals surface area contributed by atoms with Crippen molar-refractivity contribution in [3.8, 4) is 0 Å². The molecule has 1 aliphatic carbocycles. The highest BCUT2D eigenvalue weighted by atomic mass is 15.2. The minimum absolute atomic E-state index is 0.714. The van der Waals surface area contributed by atoms with Crippen LogP contribution >= 0.6 is 0 Å². The van der Waals surface area contributed by atoms with Gasteiger partial charge in [-0.2, -0.15) is 0 Å². The quantitative estimate of drug-likeness (QED) is 0.744. The molecule has 2 atom stereocenters. The van der Waals surface area contributed by atoms with Crippen molar-refractivity contribution in [2.75, 3.05) is 13.6 Å². The van der Waals surface area contributed by atoms with Crippen LogP contribution in [-0.2, 0) is 0 Å². The third-order valence-corrected chi connectivity index (χ3v) is 4.93. The van der Waals surface area contributed by atoms with Crippen molar-refractivity contribution >= 4 is 0 Å². The summed E-state index contributed by atoms with van der Waals surface area (Å²) in [5.74, 6) is 0. The summed E-state index contributed by atoms with van der Waals surface area (Å²) in [6.45, 7) is 8.12. The van der Waals surface area contributed by atoms with Crippen molar-refractivity contribution < 1.29 is 0 Å². The van der Waals surface area contributed by atoms with Crippen LogP contribution in [-0.4, -0.2) is 36.6 Å². The Morgan fingerprint density at radius 1 is 1.00 bits per heavy atom. The standard InChI is InChI=1S/C17H36N2/c1-5-14-18-16-12-10-8-9-11-13-17(16)19(4)15(6-2)7-3/h15-18H,5-14H2,1-4H3. The van der Waals surface area contributed by atoms with E-state index < -0.39 is 0 Å². The van der Waals surface area contributed by atoms with Gasteiger partial charge in [0, 0.05) is 18.1 Å². The first kappa shape index (κ1) is 17.0. The average molecular weight is 268 g/mol. The number of rotatable bonds is 7. The Balaban J connectivity index is 2.68. The summed E-state index contributed by atoms with van der Waals surface area (Å²) < 4.78 is 0. The summed E-state index contributed by atoms with van der Waals surface area (Å²) in [4.78, 5) is 2.69. The number of nitrogens with zero attached hydrogens (tertiary/aromatic N) is 1. The van der Waals surface area contributed by atoms with E-state index in [0.29, 0.717) is 6.04 Å². The lowest BCUT2D eigenvalue weighted by molar-refractivity contribution is 0.111. The SMILES string of the molecule is CCCNC1CCCCCCC1N(C)C(CC)CC. The van der Waals surface area contributed by atoms with Crippen LogP contribution in [0.2, 0.25) is 0 Å². The fourth-order valence-corrected chi connectivity index (χ4v) is 3.66. The second-order valence-corrected chi connectivity index (χ2v) is 6.26. The molecule has 19 heavy (non-hydrogen) atoms. The molecule has 2 unspecified atom stereocenters. The molecule has 0 heterocycles. The Bertz CT molecular complexity index is 211. The molecular formula is C17H36N2. The minimum atomic E-state index is 0.714. The van der Waals surface area contributed by atoms with Gasteiger partial charge in [-0.1, -0.05) is 46.5 Å². The molecule has 0 spiro atoms. The lowest BCUT2D eigenvalue weighted by atomic mass is 9.90. The Kier molecular flexibility index (Phi) is 8.72. The monoisotopic (exact) mass is 268 g/mol. The maximum atomic E-state index is 3.83. The summed E-state index contributed by atoms with van der Waals surface area (Å²) in [6, 6.07) is 2.22. The van der Waals surface area contributed by atoms with Gasteiger partial charge in [-0.3, -0.25) is 4.90 Å². The van der Waals surface area contributed by atoms with E-state index in [1.54, 1.807) is 0 Å². The molecule has 0 aromatic carbocycles. The average Bonchev–Trinajstić information content (AvgIpc) is 2.39. The van der Waals surface area contributed by atoms with E-state index in [-0.39, 0.29) is 0 Å². The number of hydrogen-bond acceptors (Lipinski definition) is 2. The van der Waals surface area contributed by atoms with E-state index in [2.05, 4.69) is 38.0 Å². The predicted octanol–water partition coefficient (Wildman–Crippen LogP) is 4.20. The van der Waals surface area contributed by atoms with Crippen molar-refractivity contribution in [2.45, 2.75) is 96.7 Å². The molecule has 114 valence electrons. The normalized spacial score (nSPS) is 25.6. The van der Waals surface area contributed by atoms with Crippen LogP contribution in [0.3, 0.4) is 0 Å². The highest BCUT2D eigenvalue weighted by Gasteiger charge is 2.28. The van der Waals surface area contributed by atoms with Gasteiger partial charge in [0.25, 0.3) is 0 Å². The maximum Gasteiger partial charge on any atom is 0.0249 e. The van der Waals surface area contributed by atoms with Gasteiger partial charge >= 0.3 is 0 Å². The fourth-order valence-electron chi connectivity index (χ4n) is 3.66. The Morgan fingerprint density at radius 3 is 2.21 bits per heavy atom. The first-order valence-electron chi connectivity index (χ1n) is 8.69. The number of hydrogen-bond donors (Lipinski definition) is 1. The van der Waals surface area contributed by atoms with E-state index in [0.717, 1.165) is 12.1 Å². The summed E-state index contributed by atoms with van der Waals surface area (Å²) in [5, 5.41) is 3.83. The van der Waals surface area contributed by atoms with Crippen LogP contribution in [0.25, 0.3) is 0 Å². The Hall–Kier alpha value is -0.0800. The summed E-state index contributed by atoms with van der Waals surface area (Å²) in [7, 11) is 2.37. The highest BCUT2D eigenvalue weighted by Crippen LogP contribution is 2.24. The molecule has 0 bridgehead atoms. The topological polar surface area (TPSA) is 15.3 Å². The van der Waals surface area contributed by atoms with Gasteiger partial charge < -0.3 is 5.32 Å². The van der Waals surface area contributed by atoms with E-state index in [9.17, 15) is 0 Å². The van der Waals surface area contributed by atoms with Gasteiger partial charge in [-0.15, -0.1) is 0 Å². The predicted molar refractivity (Wildman–Crippen MR) is 85.7 cm³/mol. The van der Waals surface area contributed by atoms with Crippen molar-refractivity contribution in [3.63, 3.8) is 0 Å². The largest absolute Gasteiger partial charge is 0.312 e. The highest BCUT2D eigenvalue weighted by molar-refractivity contribution is 4.87. The molecule has 0 radical (unpaired) electrons. The molecule has 1 fully saturated rings. The molecule has 2 nitrogen and oxygen atoms in total. The van der Waals surface area contributed by atoms with E-state index >= 15 is 0 Å². The van der Waals surface area contributed by atoms with Crippen molar-refractivity contribution in [1.82, 2.24) is 10.2 Å². The Morgan fingerprint density at radius 2 is 1.63 bits per heavy atom. The molecule has 1 N–H and O–H groups in total. The molecule has 0 aliphatic heterocycles. The molecule has 2 heteroatoms. The van der Waals surface area contributed by atoms with Gasteiger partial charge in [-0.05, 0) is 45.7 Å². The van der Waals surface area contributed by atoms with E-state index in [1.165, 1.54) is 64.3 Å². The molecule has 1 rings (SSSR count). The van der Waals surface area contributed by atoms with Gasteiger partial charge in [0.2, 0.25) is 0 Å². The van der Waals surface area contributed by atoms with Crippen molar-refractivity contribution in [1.29, 1.82) is 0 Å². The molecule has 1 saturated carbocycles. The zero-order valence-corrected chi connectivity index (χ0v) is 13.8. The van der Waals surface area contributed by atoms with Crippen LogP contribution < -0.4 is 5.32 Å². The second-order valence-electron chi connectivity index (χ2n) is 6.26. The Labute approximate surface area is 121 Å². The van der Waals surface area contributed by atoms with Gasteiger partial charge in [-0.25, -0.2) is 0 Å². The zero-order valence-electron chi connectivity index (χ0n) is 13.8. The summed E-state index contributed by atoms with van der Waals surface area (Å²) in [5.41, 5.74) is 0.